The first kappa shape index (κ1) is 19.6. The van der Waals surface area contributed by atoms with Crippen molar-refractivity contribution >= 4 is 18.3 Å². The van der Waals surface area contributed by atoms with Gasteiger partial charge in [0.05, 0.1) is 19.3 Å². The minimum atomic E-state index is -0.392. The maximum Gasteiger partial charge on any atom is 0.236 e. The Bertz CT molecular complexity index is 259. The largest absolute Gasteiger partial charge is 0.381 e. The minimum Gasteiger partial charge on any atom is -0.381 e. The predicted octanol–water partition coefficient (Wildman–Crippen LogP) is 1.34. The average molecular weight is 309 g/mol. The van der Waals surface area contributed by atoms with E-state index in [0.717, 1.165) is 39.1 Å². The van der Waals surface area contributed by atoms with E-state index in [1.807, 2.05) is 0 Å². The third kappa shape index (κ3) is 8.74. The number of carbonyl (C=O) groups excluding carboxylic acids is 1. The standard InChI is InChI=1S/C14H28N2O3.ClH/c1-11(2)8-13(15)14(17)16-5-3-6-18-9-12-4-7-19-10-12;/h11-13H,3-10,15H2,1-2H3,(H,16,17);1H/t12?,13-;/m0./s1. The number of ether oxygens (including phenoxy) is 2. The number of rotatable bonds is 9. The molecule has 2 atom stereocenters. The van der Waals surface area contributed by atoms with Gasteiger partial charge in [-0.25, -0.2) is 0 Å². The molecule has 1 saturated heterocycles. The lowest BCUT2D eigenvalue weighted by Gasteiger charge is -2.14. The van der Waals surface area contributed by atoms with Crippen molar-refractivity contribution in [3.05, 3.63) is 0 Å². The van der Waals surface area contributed by atoms with Crippen LogP contribution in [0.2, 0.25) is 0 Å². The summed E-state index contributed by atoms with van der Waals surface area (Å²) in [5, 5.41) is 2.85. The van der Waals surface area contributed by atoms with Crippen LogP contribution in [0.25, 0.3) is 0 Å². The van der Waals surface area contributed by atoms with Crippen molar-refractivity contribution in [3.63, 3.8) is 0 Å². The summed E-state index contributed by atoms with van der Waals surface area (Å²) in [6, 6.07) is -0.392. The molecule has 0 spiro atoms. The second-order valence-corrected chi connectivity index (χ2v) is 5.69. The van der Waals surface area contributed by atoms with Gasteiger partial charge in [0.2, 0.25) is 5.91 Å². The van der Waals surface area contributed by atoms with E-state index in [1.54, 1.807) is 0 Å². The molecule has 0 aliphatic carbocycles. The maximum absolute atomic E-state index is 11.6. The summed E-state index contributed by atoms with van der Waals surface area (Å²) in [6.45, 7) is 7.88. The summed E-state index contributed by atoms with van der Waals surface area (Å²) in [5.41, 5.74) is 5.78. The molecule has 0 saturated carbocycles. The molecule has 1 aliphatic heterocycles. The second kappa shape index (κ2) is 11.3. The Balaban J connectivity index is 0.00000361. The molecule has 20 heavy (non-hydrogen) atoms. The normalized spacial score (nSPS) is 19.7. The Morgan fingerprint density at radius 3 is 2.85 bits per heavy atom. The van der Waals surface area contributed by atoms with Gasteiger partial charge in [-0.1, -0.05) is 13.8 Å². The average Bonchev–Trinajstić information content (AvgIpc) is 2.85. The van der Waals surface area contributed by atoms with Crippen LogP contribution in [0.4, 0.5) is 0 Å². The molecule has 0 aromatic rings. The molecule has 0 aromatic carbocycles. The van der Waals surface area contributed by atoms with E-state index in [1.165, 1.54) is 0 Å². The topological polar surface area (TPSA) is 73.6 Å². The van der Waals surface area contributed by atoms with Crippen molar-refractivity contribution in [3.8, 4) is 0 Å². The van der Waals surface area contributed by atoms with Crippen LogP contribution in [0.15, 0.2) is 0 Å². The number of hydrogen-bond acceptors (Lipinski definition) is 4. The SMILES string of the molecule is CC(C)C[C@H](N)C(=O)NCCCOCC1CCOC1.Cl. The molecule has 3 N–H and O–H groups in total. The predicted molar refractivity (Wildman–Crippen MR) is 82.1 cm³/mol. The van der Waals surface area contributed by atoms with Gasteiger partial charge in [0, 0.05) is 25.7 Å². The van der Waals surface area contributed by atoms with E-state index in [0.29, 0.717) is 25.0 Å². The zero-order valence-electron chi connectivity index (χ0n) is 12.6. The van der Waals surface area contributed by atoms with Crippen molar-refractivity contribution in [2.75, 3.05) is 33.0 Å². The number of carbonyl (C=O) groups is 1. The highest BCUT2D eigenvalue weighted by Gasteiger charge is 2.16. The maximum atomic E-state index is 11.6. The number of amides is 1. The zero-order valence-corrected chi connectivity index (χ0v) is 13.4. The van der Waals surface area contributed by atoms with Gasteiger partial charge in [0.15, 0.2) is 0 Å². The fourth-order valence-corrected chi connectivity index (χ4v) is 2.10. The van der Waals surface area contributed by atoms with Crippen molar-refractivity contribution in [2.24, 2.45) is 17.6 Å². The molecule has 1 unspecified atom stereocenters. The van der Waals surface area contributed by atoms with Gasteiger partial charge >= 0.3 is 0 Å². The summed E-state index contributed by atoms with van der Waals surface area (Å²) in [4.78, 5) is 11.6. The molecular formula is C14H29ClN2O3. The van der Waals surface area contributed by atoms with E-state index in [-0.39, 0.29) is 18.3 Å². The van der Waals surface area contributed by atoms with E-state index < -0.39 is 6.04 Å². The Hall–Kier alpha value is -0.360. The van der Waals surface area contributed by atoms with Crippen molar-refractivity contribution in [2.45, 2.75) is 39.2 Å². The molecule has 1 rings (SSSR count). The van der Waals surface area contributed by atoms with Crippen LogP contribution in [0.1, 0.15) is 33.1 Å². The molecule has 1 heterocycles. The minimum absolute atomic E-state index is 0. The van der Waals surface area contributed by atoms with Gasteiger partial charge in [-0.05, 0) is 25.2 Å². The molecule has 1 aliphatic rings. The molecule has 1 amide bonds. The fraction of sp³-hybridized carbons (Fsp3) is 0.929. The van der Waals surface area contributed by atoms with Crippen LogP contribution in [0, 0.1) is 11.8 Å². The quantitative estimate of drug-likeness (QED) is 0.630. The van der Waals surface area contributed by atoms with Gasteiger partial charge in [-0.3, -0.25) is 4.79 Å². The Morgan fingerprint density at radius 2 is 2.25 bits per heavy atom. The van der Waals surface area contributed by atoms with E-state index in [4.69, 9.17) is 15.2 Å². The van der Waals surface area contributed by atoms with Crippen LogP contribution in [-0.4, -0.2) is 44.9 Å². The van der Waals surface area contributed by atoms with Crippen LogP contribution in [0.5, 0.6) is 0 Å². The summed E-state index contributed by atoms with van der Waals surface area (Å²) in [6.07, 6.45) is 2.65. The number of nitrogens with two attached hydrogens (primary N) is 1. The van der Waals surface area contributed by atoms with Crippen molar-refractivity contribution in [1.29, 1.82) is 0 Å². The summed E-state index contributed by atoms with van der Waals surface area (Å²) in [5.74, 6) is 0.935. The smallest absolute Gasteiger partial charge is 0.236 e. The molecule has 5 nitrogen and oxygen atoms in total. The third-order valence-electron chi connectivity index (χ3n) is 3.20. The Kier molecular flexibility index (Phi) is 11.1. The lowest BCUT2D eigenvalue weighted by atomic mass is 10.0. The third-order valence-corrected chi connectivity index (χ3v) is 3.20. The first-order valence-corrected chi connectivity index (χ1v) is 7.28. The highest BCUT2D eigenvalue weighted by Crippen LogP contribution is 2.12. The molecule has 6 heteroatoms. The number of nitrogens with one attached hydrogen (secondary N) is 1. The Labute approximate surface area is 128 Å². The van der Waals surface area contributed by atoms with Crippen LogP contribution in [-0.2, 0) is 14.3 Å². The van der Waals surface area contributed by atoms with Gasteiger partial charge < -0.3 is 20.5 Å². The summed E-state index contributed by atoms with van der Waals surface area (Å²) in [7, 11) is 0. The van der Waals surface area contributed by atoms with E-state index >= 15 is 0 Å². The van der Waals surface area contributed by atoms with Crippen LogP contribution >= 0.6 is 12.4 Å². The first-order valence-electron chi connectivity index (χ1n) is 7.28. The highest BCUT2D eigenvalue weighted by molar-refractivity contribution is 5.85. The van der Waals surface area contributed by atoms with Gasteiger partial charge in [-0.2, -0.15) is 0 Å². The molecule has 1 fully saturated rings. The highest BCUT2D eigenvalue weighted by atomic mass is 35.5. The fourth-order valence-electron chi connectivity index (χ4n) is 2.10. The Morgan fingerprint density at radius 1 is 1.50 bits per heavy atom. The number of hydrogen-bond donors (Lipinski definition) is 2. The van der Waals surface area contributed by atoms with E-state index in [2.05, 4.69) is 19.2 Å². The van der Waals surface area contributed by atoms with Gasteiger partial charge in [0.1, 0.15) is 0 Å². The first-order chi connectivity index (χ1) is 9.09. The van der Waals surface area contributed by atoms with Crippen molar-refractivity contribution < 1.29 is 14.3 Å². The summed E-state index contributed by atoms with van der Waals surface area (Å²) < 4.78 is 10.8. The molecule has 0 radical (unpaired) electrons. The second-order valence-electron chi connectivity index (χ2n) is 5.69. The zero-order chi connectivity index (χ0) is 14.1. The monoisotopic (exact) mass is 308 g/mol. The van der Waals surface area contributed by atoms with Gasteiger partial charge in [-0.15, -0.1) is 12.4 Å². The lowest BCUT2D eigenvalue weighted by molar-refractivity contribution is -0.122. The molecule has 0 aromatic heterocycles. The van der Waals surface area contributed by atoms with Crippen LogP contribution in [0.3, 0.4) is 0 Å². The molecule has 120 valence electrons. The van der Waals surface area contributed by atoms with Gasteiger partial charge in [0.25, 0.3) is 0 Å². The van der Waals surface area contributed by atoms with Crippen molar-refractivity contribution in [1.82, 2.24) is 5.32 Å². The van der Waals surface area contributed by atoms with E-state index in [9.17, 15) is 4.79 Å². The number of halogens is 1. The molecular weight excluding hydrogens is 280 g/mol. The molecule has 0 bridgehead atoms. The van der Waals surface area contributed by atoms with Crippen LogP contribution < -0.4 is 11.1 Å². The summed E-state index contributed by atoms with van der Waals surface area (Å²) >= 11 is 0. The lowest BCUT2D eigenvalue weighted by Crippen LogP contribution is -2.41.